The van der Waals surface area contributed by atoms with Gasteiger partial charge in [0.1, 0.15) is 10.7 Å². The number of hydrogen-bond donors (Lipinski definition) is 1. The Labute approximate surface area is 124 Å². The second-order valence-electron chi connectivity index (χ2n) is 3.80. The molecule has 4 nitrogen and oxygen atoms in total. The maximum atomic E-state index is 12.1. The number of hydrogen-bond acceptors (Lipinski definition) is 3. The van der Waals surface area contributed by atoms with Crippen molar-refractivity contribution in [1.29, 1.82) is 0 Å². The maximum absolute atomic E-state index is 12.1. The minimum atomic E-state index is -3.61. The number of halogens is 2. The quantitative estimate of drug-likeness (QED) is 0.886. The van der Waals surface area contributed by atoms with Crippen LogP contribution in [-0.2, 0) is 16.4 Å². The van der Waals surface area contributed by atoms with Crippen molar-refractivity contribution in [2.45, 2.75) is 11.3 Å². The Bertz CT molecular complexity index is 656. The van der Waals surface area contributed by atoms with E-state index in [4.69, 9.17) is 16.0 Å². The molecule has 0 unspecified atom stereocenters. The highest BCUT2D eigenvalue weighted by atomic mass is 79.9. The molecule has 1 N–H and O–H groups in total. The van der Waals surface area contributed by atoms with E-state index < -0.39 is 10.0 Å². The first kappa shape index (κ1) is 14.6. The van der Waals surface area contributed by atoms with Crippen molar-refractivity contribution in [3.05, 3.63) is 51.9 Å². The summed E-state index contributed by atoms with van der Waals surface area (Å²) >= 11 is 9.15. The molecule has 102 valence electrons. The molecule has 7 heteroatoms. The average molecular weight is 365 g/mol. The Morgan fingerprint density at radius 2 is 2.11 bits per heavy atom. The van der Waals surface area contributed by atoms with Gasteiger partial charge in [-0.3, -0.25) is 0 Å². The van der Waals surface area contributed by atoms with Crippen LogP contribution >= 0.6 is 27.5 Å². The summed E-state index contributed by atoms with van der Waals surface area (Å²) < 4.78 is 32.4. The van der Waals surface area contributed by atoms with Gasteiger partial charge in [-0.2, -0.15) is 0 Å². The third kappa shape index (κ3) is 3.82. The number of nitrogens with one attached hydrogen (secondary N) is 1. The molecule has 0 radical (unpaired) electrons. The van der Waals surface area contributed by atoms with Crippen molar-refractivity contribution in [3.63, 3.8) is 0 Å². The largest absolute Gasteiger partial charge is 0.469 e. The summed E-state index contributed by atoms with van der Waals surface area (Å²) in [7, 11) is -3.61. The zero-order chi connectivity index (χ0) is 13.9. The molecular weight excluding hydrogens is 354 g/mol. The number of furan rings is 1. The Balaban J connectivity index is 2.05. The van der Waals surface area contributed by atoms with Gasteiger partial charge in [0.2, 0.25) is 10.0 Å². The lowest BCUT2D eigenvalue weighted by atomic mass is 10.3. The smallest absolute Gasteiger partial charge is 0.242 e. The van der Waals surface area contributed by atoms with Crippen molar-refractivity contribution in [2.75, 3.05) is 6.54 Å². The molecule has 0 saturated heterocycles. The van der Waals surface area contributed by atoms with Gasteiger partial charge in [0.15, 0.2) is 0 Å². The molecule has 2 rings (SSSR count). The fourth-order valence-corrected chi connectivity index (χ4v) is 3.60. The molecule has 0 aliphatic carbocycles. The van der Waals surface area contributed by atoms with Crippen LogP contribution in [0.2, 0.25) is 5.02 Å². The van der Waals surface area contributed by atoms with Crippen molar-refractivity contribution in [1.82, 2.24) is 4.72 Å². The van der Waals surface area contributed by atoms with E-state index >= 15 is 0 Å². The lowest BCUT2D eigenvalue weighted by Crippen LogP contribution is -2.26. The number of rotatable bonds is 5. The predicted molar refractivity (Wildman–Crippen MR) is 76.8 cm³/mol. The summed E-state index contributed by atoms with van der Waals surface area (Å²) in [4.78, 5) is 0.0665. The van der Waals surface area contributed by atoms with Gasteiger partial charge in [0.25, 0.3) is 0 Å². The normalized spacial score (nSPS) is 11.7. The highest BCUT2D eigenvalue weighted by Crippen LogP contribution is 2.24. The fraction of sp³-hybridized carbons (Fsp3) is 0.167. The lowest BCUT2D eigenvalue weighted by molar-refractivity contribution is 0.506. The lowest BCUT2D eigenvalue weighted by Gasteiger charge is -2.07. The monoisotopic (exact) mass is 363 g/mol. The molecule has 0 atom stereocenters. The van der Waals surface area contributed by atoms with Crippen LogP contribution in [-0.4, -0.2) is 15.0 Å². The zero-order valence-corrected chi connectivity index (χ0v) is 12.9. The molecule has 0 spiro atoms. The Morgan fingerprint density at radius 3 is 2.74 bits per heavy atom. The van der Waals surface area contributed by atoms with Crippen LogP contribution in [0.1, 0.15) is 5.76 Å². The zero-order valence-electron chi connectivity index (χ0n) is 9.77. The topological polar surface area (TPSA) is 59.3 Å². The summed E-state index contributed by atoms with van der Waals surface area (Å²) in [5.41, 5.74) is 0. The highest BCUT2D eigenvalue weighted by molar-refractivity contribution is 9.10. The standard InChI is InChI=1S/C12H11BrClNO3S/c13-9-3-4-12(11(14)8-9)19(16,17)15-6-5-10-2-1-7-18-10/h1-4,7-8,15H,5-6H2. The second-order valence-corrected chi connectivity index (χ2v) is 6.86. The minimum absolute atomic E-state index is 0.0665. The van der Waals surface area contributed by atoms with Gasteiger partial charge in [-0.15, -0.1) is 0 Å². The molecule has 1 heterocycles. The first-order valence-electron chi connectivity index (χ1n) is 5.46. The van der Waals surface area contributed by atoms with Gasteiger partial charge >= 0.3 is 0 Å². The van der Waals surface area contributed by atoms with Crippen LogP contribution in [0.3, 0.4) is 0 Å². The average Bonchev–Trinajstić information content (AvgIpc) is 2.81. The summed E-state index contributed by atoms with van der Waals surface area (Å²) in [5.74, 6) is 0.726. The van der Waals surface area contributed by atoms with Gasteiger partial charge in [-0.05, 0) is 30.3 Å². The van der Waals surface area contributed by atoms with E-state index in [1.807, 2.05) is 0 Å². The van der Waals surface area contributed by atoms with E-state index in [9.17, 15) is 8.42 Å². The van der Waals surface area contributed by atoms with Gasteiger partial charge < -0.3 is 4.42 Å². The van der Waals surface area contributed by atoms with Gasteiger partial charge in [0, 0.05) is 17.4 Å². The van der Waals surface area contributed by atoms with Crippen LogP contribution in [0.25, 0.3) is 0 Å². The molecule has 0 aliphatic rings. The molecule has 0 saturated carbocycles. The fourth-order valence-electron chi connectivity index (χ4n) is 1.53. The van der Waals surface area contributed by atoms with Crippen molar-refractivity contribution in [3.8, 4) is 0 Å². The maximum Gasteiger partial charge on any atom is 0.242 e. The van der Waals surface area contributed by atoms with E-state index in [0.29, 0.717) is 6.42 Å². The summed E-state index contributed by atoms with van der Waals surface area (Å²) in [6.45, 7) is 0.252. The third-order valence-corrected chi connectivity index (χ3v) is 4.86. The number of sulfonamides is 1. The summed E-state index contributed by atoms with van der Waals surface area (Å²) in [6.07, 6.45) is 2.04. The molecular formula is C12H11BrClNO3S. The van der Waals surface area contributed by atoms with E-state index in [1.54, 1.807) is 30.5 Å². The van der Waals surface area contributed by atoms with Crippen LogP contribution in [0.5, 0.6) is 0 Å². The van der Waals surface area contributed by atoms with Crippen LogP contribution < -0.4 is 4.72 Å². The van der Waals surface area contributed by atoms with Gasteiger partial charge in [-0.25, -0.2) is 13.1 Å². The molecule has 1 aromatic carbocycles. The Morgan fingerprint density at radius 1 is 1.32 bits per heavy atom. The first-order chi connectivity index (χ1) is 8.99. The molecule has 1 aromatic heterocycles. The predicted octanol–water partition coefficient (Wildman–Crippen LogP) is 3.22. The Kier molecular flexibility index (Phi) is 4.67. The number of benzene rings is 1. The van der Waals surface area contributed by atoms with Crippen molar-refractivity contribution < 1.29 is 12.8 Å². The first-order valence-corrected chi connectivity index (χ1v) is 8.11. The van der Waals surface area contributed by atoms with Crippen molar-refractivity contribution in [2.24, 2.45) is 0 Å². The molecule has 19 heavy (non-hydrogen) atoms. The molecule has 0 amide bonds. The van der Waals surface area contributed by atoms with Crippen LogP contribution in [0, 0.1) is 0 Å². The summed E-state index contributed by atoms with van der Waals surface area (Å²) in [5, 5.41) is 0.180. The van der Waals surface area contributed by atoms with E-state index in [1.165, 1.54) is 6.07 Å². The molecule has 0 fully saturated rings. The SMILES string of the molecule is O=S(=O)(NCCc1ccco1)c1ccc(Br)cc1Cl. The third-order valence-electron chi connectivity index (χ3n) is 2.43. The molecule has 0 aliphatic heterocycles. The van der Waals surface area contributed by atoms with E-state index in [2.05, 4.69) is 20.7 Å². The molecule has 2 aromatic rings. The second kappa shape index (κ2) is 6.09. The van der Waals surface area contributed by atoms with E-state index in [0.717, 1.165) is 10.2 Å². The summed E-state index contributed by atoms with van der Waals surface area (Å²) in [6, 6.07) is 8.19. The van der Waals surface area contributed by atoms with Crippen LogP contribution in [0.4, 0.5) is 0 Å². The van der Waals surface area contributed by atoms with Crippen LogP contribution in [0.15, 0.2) is 50.4 Å². The highest BCUT2D eigenvalue weighted by Gasteiger charge is 2.17. The van der Waals surface area contributed by atoms with Gasteiger partial charge in [0.05, 0.1) is 11.3 Å². The van der Waals surface area contributed by atoms with Gasteiger partial charge in [-0.1, -0.05) is 27.5 Å². The van der Waals surface area contributed by atoms with Crippen molar-refractivity contribution >= 4 is 37.6 Å². The van der Waals surface area contributed by atoms with E-state index in [-0.39, 0.29) is 16.5 Å². The Hall–Kier alpha value is -0.820. The molecule has 0 bridgehead atoms. The minimum Gasteiger partial charge on any atom is -0.469 e.